The highest BCUT2D eigenvalue weighted by molar-refractivity contribution is 7.89. The molecule has 1 aliphatic rings. The molecule has 108 valence electrons. The summed E-state index contributed by atoms with van der Waals surface area (Å²) in [5.41, 5.74) is 6.89. The van der Waals surface area contributed by atoms with Crippen molar-refractivity contribution in [1.82, 2.24) is 13.5 Å². The van der Waals surface area contributed by atoms with E-state index in [1.807, 2.05) is 0 Å². The lowest BCUT2D eigenvalue weighted by Gasteiger charge is -2.26. The molecule has 0 amide bonds. The molecule has 0 radical (unpaired) electrons. The molecule has 1 heterocycles. The highest BCUT2D eigenvalue weighted by Gasteiger charge is 2.26. The smallest absolute Gasteiger partial charge is 0.243 e. The summed E-state index contributed by atoms with van der Waals surface area (Å²) < 4.78 is 35.9. The first-order valence-electron chi connectivity index (χ1n) is 6.55. The van der Waals surface area contributed by atoms with Crippen molar-refractivity contribution in [2.24, 2.45) is 5.73 Å². The van der Waals surface area contributed by atoms with Gasteiger partial charge in [0.05, 0.1) is 11.7 Å². The summed E-state index contributed by atoms with van der Waals surface area (Å²) in [5, 5.41) is 0. The lowest BCUT2D eigenvalue weighted by Crippen LogP contribution is -2.40. The number of benzene rings is 1. The predicted molar refractivity (Wildman–Crippen MR) is 78.0 cm³/mol. The van der Waals surface area contributed by atoms with Crippen LogP contribution in [-0.4, -0.2) is 29.2 Å². The summed E-state index contributed by atoms with van der Waals surface area (Å²) in [7, 11) is -3.56. The standard InChI is InChI=1S/C12H16N4O2S2/c13-8-4-6-9(7-5-8)16-20(17,18)11-3-1-2-10-12(11)15-19-14-10/h1-3,8-9,16H,4-7,13H2. The number of rotatable bonds is 3. The van der Waals surface area contributed by atoms with Gasteiger partial charge in [0.1, 0.15) is 15.9 Å². The fourth-order valence-corrected chi connectivity index (χ4v) is 4.59. The van der Waals surface area contributed by atoms with Gasteiger partial charge in [-0.25, -0.2) is 13.1 Å². The first-order chi connectivity index (χ1) is 9.56. The Balaban J connectivity index is 1.86. The van der Waals surface area contributed by atoms with Crippen LogP contribution in [0, 0.1) is 0 Å². The molecule has 0 bridgehead atoms. The third kappa shape index (κ3) is 2.69. The summed E-state index contributed by atoms with van der Waals surface area (Å²) in [6.07, 6.45) is 3.28. The topological polar surface area (TPSA) is 98.0 Å². The zero-order chi connectivity index (χ0) is 14.2. The van der Waals surface area contributed by atoms with E-state index < -0.39 is 10.0 Å². The Bertz CT molecular complexity index is 705. The normalized spacial score (nSPS) is 24.1. The largest absolute Gasteiger partial charge is 0.328 e. The van der Waals surface area contributed by atoms with Gasteiger partial charge in [0.2, 0.25) is 10.0 Å². The molecular formula is C12H16N4O2S2. The van der Waals surface area contributed by atoms with Crippen molar-refractivity contribution < 1.29 is 8.42 Å². The van der Waals surface area contributed by atoms with Crippen LogP contribution in [0.3, 0.4) is 0 Å². The van der Waals surface area contributed by atoms with Gasteiger partial charge in [0, 0.05) is 12.1 Å². The summed E-state index contributed by atoms with van der Waals surface area (Å²) >= 11 is 1.02. The van der Waals surface area contributed by atoms with Gasteiger partial charge in [0.15, 0.2) is 0 Å². The number of aromatic nitrogens is 2. The Labute approximate surface area is 121 Å². The van der Waals surface area contributed by atoms with Crippen molar-refractivity contribution in [3.05, 3.63) is 18.2 Å². The Morgan fingerprint density at radius 3 is 2.70 bits per heavy atom. The molecule has 3 N–H and O–H groups in total. The minimum absolute atomic E-state index is 0.0401. The molecule has 1 saturated carbocycles. The van der Waals surface area contributed by atoms with Crippen molar-refractivity contribution in [1.29, 1.82) is 0 Å². The van der Waals surface area contributed by atoms with E-state index in [1.54, 1.807) is 18.2 Å². The molecule has 1 aromatic carbocycles. The molecule has 0 saturated heterocycles. The van der Waals surface area contributed by atoms with Gasteiger partial charge in [0.25, 0.3) is 0 Å². The van der Waals surface area contributed by atoms with E-state index in [1.165, 1.54) is 0 Å². The molecule has 1 aromatic heterocycles. The first-order valence-corrected chi connectivity index (χ1v) is 8.77. The lowest BCUT2D eigenvalue weighted by molar-refractivity contribution is 0.373. The SMILES string of the molecule is NC1CCC(NS(=O)(=O)c2cccc3nsnc23)CC1. The molecular weight excluding hydrogens is 296 g/mol. The predicted octanol–water partition coefficient (Wildman–Crippen LogP) is 1.24. The van der Waals surface area contributed by atoms with Crippen LogP contribution in [0.1, 0.15) is 25.7 Å². The average Bonchev–Trinajstić information content (AvgIpc) is 2.89. The van der Waals surface area contributed by atoms with Gasteiger partial charge in [-0.1, -0.05) is 6.07 Å². The Hall–Kier alpha value is -1.09. The monoisotopic (exact) mass is 312 g/mol. The van der Waals surface area contributed by atoms with Crippen LogP contribution in [0.4, 0.5) is 0 Å². The fourth-order valence-electron chi connectivity index (χ4n) is 2.52. The molecule has 0 spiro atoms. The van der Waals surface area contributed by atoms with E-state index in [9.17, 15) is 8.42 Å². The number of fused-ring (bicyclic) bond motifs is 1. The molecule has 1 fully saturated rings. The second-order valence-electron chi connectivity index (χ2n) is 5.12. The van der Waals surface area contributed by atoms with Crippen molar-refractivity contribution in [3.8, 4) is 0 Å². The minimum Gasteiger partial charge on any atom is -0.328 e. The molecule has 1 aliphatic carbocycles. The van der Waals surface area contributed by atoms with Crippen LogP contribution < -0.4 is 10.5 Å². The molecule has 0 aliphatic heterocycles. The molecule has 6 nitrogen and oxygen atoms in total. The van der Waals surface area contributed by atoms with Crippen molar-refractivity contribution in [3.63, 3.8) is 0 Å². The maximum Gasteiger partial charge on any atom is 0.243 e. The third-order valence-electron chi connectivity index (χ3n) is 3.63. The van der Waals surface area contributed by atoms with Crippen LogP contribution in [-0.2, 0) is 10.0 Å². The highest BCUT2D eigenvalue weighted by Crippen LogP contribution is 2.23. The van der Waals surface area contributed by atoms with Gasteiger partial charge in [-0.15, -0.1) is 0 Å². The molecule has 3 rings (SSSR count). The number of hydrogen-bond acceptors (Lipinski definition) is 6. The van der Waals surface area contributed by atoms with Crippen LogP contribution in [0.2, 0.25) is 0 Å². The van der Waals surface area contributed by atoms with E-state index >= 15 is 0 Å². The summed E-state index contributed by atoms with van der Waals surface area (Å²) in [5.74, 6) is 0. The van der Waals surface area contributed by atoms with E-state index in [4.69, 9.17) is 5.73 Å². The fraction of sp³-hybridized carbons (Fsp3) is 0.500. The number of nitrogens with one attached hydrogen (secondary N) is 1. The zero-order valence-corrected chi connectivity index (χ0v) is 12.5. The second-order valence-corrected chi connectivity index (χ2v) is 7.33. The van der Waals surface area contributed by atoms with E-state index in [0.717, 1.165) is 37.4 Å². The van der Waals surface area contributed by atoms with Crippen LogP contribution in [0.25, 0.3) is 11.0 Å². The van der Waals surface area contributed by atoms with E-state index in [0.29, 0.717) is 11.0 Å². The van der Waals surface area contributed by atoms with E-state index in [-0.39, 0.29) is 17.0 Å². The lowest BCUT2D eigenvalue weighted by atomic mass is 9.93. The maximum absolute atomic E-state index is 12.5. The molecule has 8 heteroatoms. The summed E-state index contributed by atoms with van der Waals surface area (Å²) in [4.78, 5) is 0.207. The first kappa shape index (κ1) is 13.9. The molecule has 0 atom stereocenters. The number of nitrogens with two attached hydrogens (primary N) is 1. The van der Waals surface area contributed by atoms with Crippen molar-refractivity contribution in [2.45, 2.75) is 42.7 Å². The highest BCUT2D eigenvalue weighted by atomic mass is 32.2. The molecule has 0 unspecified atom stereocenters. The quantitative estimate of drug-likeness (QED) is 0.888. The number of nitrogens with zero attached hydrogens (tertiary/aromatic N) is 2. The number of sulfonamides is 1. The Kier molecular flexibility index (Phi) is 3.72. The van der Waals surface area contributed by atoms with Gasteiger partial charge in [-0.3, -0.25) is 0 Å². The van der Waals surface area contributed by atoms with Crippen molar-refractivity contribution >= 4 is 32.8 Å². The average molecular weight is 312 g/mol. The zero-order valence-electron chi connectivity index (χ0n) is 10.8. The number of hydrogen-bond donors (Lipinski definition) is 2. The van der Waals surface area contributed by atoms with Gasteiger partial charge < -0.3 is 5.73 Å². The van der Waals surface area contributed by atoms with Gasteiger partial charge in [-0.2, -0.15) is 8.75 Å². The van der Waals surface area contributed by atoms with Crippen molar-refractivity contribution in [2.75, 3.05) is 0 Å². The van der Waals surface area contributed by atoms with E-state index in [2.05, 4.69) is 13.5 Å². The Morgan fingerprint density at radius 2 is 1.95 bits per heavy atom. The van der Waals surface area contributed by atoms with Gasteiger partial charge in [-0.05, 0) is 37.8 Å². The molecule has 2 aromatic rings. The molecule has 20 heavy (non-hydrogen) atoms. The minimum atomic E-state index is -3.56. The summed E-state index contributed by atoms with van der Waals surface area (Å²) in [6.45, 7) is 0. The summed E-state index contributed by atoms with van der Waals surface area (Å²) in [6, 6.07) is 5.18. The van der Waals surface area contributed by atoms with Gasteiger partial charge >= 0.3 is 0 Å². The second kappa shape index (κ2) is 5.36. The third-order valence-corrected chi connectivity index (χ3v) is 5.73. The Morgan fingerprint density at radius 1 is 1.20 bits per heavy atom. The van der Waals surface area contributed by atoms with Crippen LogP contribution >= 0.6 is 11.7 Å². The van der Waals surface area contributed by atoms with Crippen LogP contribution in [0.5, 0.6) is 0 Å². The maximum atomic E-state index is 12.5. The van der Waals surface area contributed by atoms with Crippen LogP contribution in [0.15, 0.2) is 23.1 Å².